The molecular formula is C16H24N8Zn+2. The van der Waals surface area contributed by atoms with Crippen molar-refractivity contribution in [3.63, 3.8) is 0 Å². The quantitative estimate of drug-likeness (QED) is 0.420. The molecule has 4 heterocycles. The Labute approximate surface area is 166 Å². The minimum Gasteiger partial charge on any atom is -0.341 e. The topological polar surface area (TPSA) is 71.3 Å². The molecule has 0 unspecified atom stereocenters. The predicted molar refractivity (Wildman–Crippen MR) is 92.8 cm³/mol. The predicted octanol–water partition coefficient (Wildman–Crippen LogP) is 1.68. The summed E-state index contributed by atoms with van der Waals surface area (Å²) in [5.74, 6) is 0. The number of imidazole rings is 4. The summed E-state index contributed by atoms with van der Waals surface area (Å²) in [5.41, 5.74) is 0. The van der Waals surface area contributed by atoms with E-state index in [0.29, 0.717) is 0 Å². The summed E-state index contributed by atoms with van der Waals surface area (Å²) in [6, 6.07) is 0. The van der Waals surface area contributed by atoms with Gasteiger partial charge in [0.1, 0.15) is 0 Å². The second-order valence-corrected chi connectivity index (χ2v) is 4.31. The molecule has 0 radical (unpaired) electrons. The van der Waals surface area contributed by atoms with Gasteiger partial charge in [0.25, 0.3) is 0 Å². The fraction of sp³-hybridized carbons (Fsp3) is 0.250. The minimum atomic E-state index is 0. The van der Waals surface area contributed by atoms with E-state index in [-0.39, 0.29) is 47.6 Å². The van der Waals surface area contributed by atoms with Crippen molar-refractivity contribution in [1.82, 2.24) is 38.2 Å². The molecule has 0 saturated heterocycles. The number of hydrogen-bond donors (Lipinski definition) is 0. The van der Waals surface area contributed by atoms with Gasteiger partial charge in [-0.3, -0.25) is 0 Å². The van der Waals surface area contributed by atoms with Gasteiger partial charge in [0, 0.05) is 83.2 Å². The molecule has 0 fully saturated rings. The Morgan fingerprint density at radius 1 is 0.520 bits per heavy atom. The summed E-state index contributed by atoms with van der Waals surface area (Å²) in [7, 11) is 1.06. The maximum atomic E-state index is 6.78. The molecular weight excluding hydrogens is 370 g/mol. The van der Waals surface area contributed by atoms with Crippen LogP contribution < -0.4 is 0 Å². The first-order valence-corrected chi connectivity index (χ1v) is 6.73. The summed E-state index contributed by atoms with van der Waals surface area (Å²) < 4.78 is 33.9. The standard InChI is InChI=1S/4C4H6N2.Zn/c4*1-6-3-2-5-4-6;/h4*2-4H,1H3;/q;;;;+2/i4*1T;. The summed E-state index contributed by atoms with van der Waals surface area (Å²) in [4.78, 5) is 14.9. The van der Waals surface area contributed by atoms with Gasteiger partial charge in [-0.1, -0.05) is 0 Å². The van der Waals surface area contributed by atoms with Gasteiger partial charge in [-0.2, -0.15) is 0 Å². The molecule has 4 aromatic rings. The second-order valence-electron chi connectivity index (χ2n) is 4.31. The molecule has 9 heteroatoms. The molecule has 0 bridgehead atoms. The zero-order chi connectivity index (χ0) is 20.5. The van der Waals surface area contributed by atoms with E-state index in [2.05, 4.69) is 19.9 Å². The summed E-state index contributed by atoms with van der Waals surface area (Å²) in [6.45, 7) is 0. The Morgan fingerprint density at radius 3 is 0.840 bits per heavy atom. The fourth-order valence-corrected chi connectivity index (χ4v) is 1.15. The Bertz CT molecular complexity index is 640. The van der Waals surface area contributed by atoms with Crippen LogP contribution in [0.3, 0.4) is 0 Å². The molecule has 4 aromatic heterocycles. The number of nitrogens with zero attached hydrogens (tertiary/aromatic N) is 8. The van der Waals surface area contributed by atoms with Gasteiger partial charge in [-0.25, -0.2) is 19.9 Å². The summed E-state index contributed by atoms with van der Waals surface area (Å²) in [5, 5.41) is 0. The molecule has 0 aliphatic rings. The van der Waals surface area contributed by atoms with Gasteiger partial charge in [-0.05, 0) is 0 Å². The maximum absolute atomic E-state index is 6.78. The normalized spacial score (nSPS) is 10.6. The minimum absolute atomic E-state index is 0. The first kappa shape index (κ1) is 16.0. The summed E-state index contributed by atoms with van der Waals surface area (Å²) >= 11 is 0. The van der Waals surface area contributed by atoms with Crippen molar-refractivity contribution in [3.05, 3.63) is 74.9 Å². The average Bonchev–Trinajstić information content (AvgIpc) is 3.57. The smallest absolute Gasteiger partial charge is 0.341 e. The van der Waals surface area contributed by atoms with E-state index in [1.807, 2.05) is 0 Å². The maximum Gasteiger partial charge on any atom is 2.00 e. The molecule has 0 aliphatic heterocycles. The Balaban J connectivity index is 0.000000356. The van der Waals surface area contributed by atoms with E-state index < -0.39 is 0 Å². The zero-order valence-electron chi connectivity index (χ0n) is 18.0. The third-order valence-electron chi connectivity index (χ3n) is 2.24. The van der Waals surface area contributed by atoms with Crippen molar-refractivity contribution in [2.45, 2.75) is 0 Å². The Morgan fingerprint density at radius 2 is 0.760 bits per heavy atom. The molecule has 25 heavy (non-hydrogen) atoms. The van der Waals surface area contributed by atoms with Gasteiger partial charge >= 0.3 is 19.5 Å². The van der Waals surface area contributed by atoms with E-state index in [4.69, 9.17) is 5.48 Å². The van der Waals surface area contributed by atoms with Gasteiger partial charge in [0.2, 0.25) is 0 Å². The van der Waals surface area contributed by atoms with Gasteiger partial charge in [0.05, 0.1) is 25.3 Å². The molecule has 0 amide bonds. The second kappa shape index (κ2) is 13.9. The molecule has 4 rings (SSSR count). The number of aryl methyl sites for hydroxylation is 4. The average molecular weight is 402 g/mol. The van der Waals surface area contributed by atoms with Gasteiger partial charge in [0.15, 0.2) is 0 Å². The van der Waals surface area contributed by atoms with Crippen molar-refractivity contribution in [2.75, 3.05) is 0 Å². The molecule has 128 valence electrons. The van der Waals surface area contributed by atoms with Crippen LogP contribution >= 0.6 is 0 Å². The number of rotatable bonds is 0. The third-order valence-corrected chi connectivity index (χ3v) is 2.24. The first-order chi connectivity index (χ1) is 13.7. The van der Waals surface area contributed by atoms with E-state index in [0.717, 1.165) is 0 Å². The van der Waals surface area contributed by atoms with E-state index >= 15 is 0 Å². The molecule has 0 spiro atoms. The molecule has 8 nitrogen and oxygen atoms in total. The van der Waals surface area contributed by atoms with Gasteiger partial charge in [-0.15, -0.1) is 0 Å². The number of hydrogen-bond acceptors (Lipinski definition) is 4. The van der Waals surface area contributed by atoms with E-state index in [1.165, 1.54) is 0 Å². The van der Waals surface area contributed by atoms with Crippen molar-refractivity contribution in [3.8, 4) is 0 Å². The first-order valence-electron chi connectivity index (χ1n) is 9.56. The van der Waals surface area contributed by atoms with Crippen LogP contribution in [-0.2, 0) is 47.6 Å². The Kier molecular flexibility index (Phi) is 8.85. The van der Waals surface area contributed by atoms with Crippen LogP contribution in [-0.4, -0.2) is 38.2 Å². The molecule has 0 aliphatic carbocycles. The molecule has 0 aromatic carbocycles. The van der Waals surface area contributed by atoms with Crippen LogP contribution in [0, 0.1) is 0 Å². The van der Waals surface area contributed by atoms with Crippen LogP contribution in [0.25, 0.3) is 0 Å². The van der Waals surface area contributed by atoms with Crippen LogP contribution in [0.1, 0.15) is 5.48 Å². The van der Waals surface area contributed by atoms with Crippen molar-refractivity contribution in [1.29, 1.82) is 0 Å². The van der Waals surface area contributed by atoms with Gasteiger partial charge < -0.3 is 18.3 Å². The van der Waals surface area contributed by atoms with E-state index in [9.17, 15) is 0 Å². The molecule has 0 N–H and O–H groups in total. The number of aromatic nitrogens is 8. The van der Waals surface area contributed by atoms with Crippen molar-refractivity contribution >= 4 is 0 Å². The van der Waals surface area contributed by atoms with Crippen LogP contribution in [0.2, 0.25) is 0 Å². The third kappa shape index (κ3) is 12.5. The van der Waals surface area contributed by atoms with Crippen LogP contribution in [0.4, 0.5) is 0 Å². The molecule has 0 atom stereocenters. The fourth-order valence-electron chi connectivity index (χ4n) is 1.15. The zero-order valence-corrected chi connectivity index (χ0v) is 17.0. The largest absolute Gasteiger partial charge is 2.00 e. The molecule has 0 saturated carbocycles. The van der Waals surface area contributed by atoms with Crippen LogP contribution in [0.5, 0.6) is 0 Å². The summed E-state index contributed by atoms with van der Waals surface area (Å²) in [6.07, 6.45) is 20.1. The van der Waals surface area contributed by atoms with Crippen molar-refractivity contribution in [2.24, 2.45) is 28.1 Å². The van der Waals surface area contributed by atoms with Crippen molar-refractivity contribution < 1.29 is 25.0 Å². The Hall–Kier alpha value is -2.54. The van der Waals surface area contributed by atoms with Crippen LogP contribution in [0.15, 0.2) is 74.9 Å². The van der Waals surface area contributed by atoms with E-state index in [1.54, 1.807) is 93.2 Å². The SMILES string of the molecule is [3H]Cn1ccnc1.[3H]Cn1ccnc1.[3H]Cn1ccnc1.[3H]Cn1ccnc1.[Zn+2]. The monoisotopic (exact) mass is 400 g/mol.